The summed E-state index contributed by atoms with van der Waals surface area (Å²) >= 11 is 1.11. The number of likely N-dealkylation sites (tertiary alicyclic amines) is 1. The number of pyridine rings is 1. The molecule has 1 aromatic carbocycles. The molecule has 0 saturated carbocycles. The highest BCUT2D eigenvalue weighted by molar-refractivity contribution is 7.19. The fourth-order valence-electron chi connectivity index (χ4n) is 4.08. The van der Waals surface area contributed by atoms with Gasteiger partial charge in [0.1, 0.15) is 16.9 Å². The largest absolute Gasteiger partial charge is 0.456 e. The molecule has 0 bridgehead atoms. The van der Waals surface area contributed by atoms with Gasteiger partial charge in [-0.1, -0.05) is 6.58 Å². The molecule has 3 aromatic heterocycles. The first-order valence-corrected chi connectivity index (χ1v) is 12.3. The number of benzene rings is 1. The summed E-state index contributed by atoms with van der Waals surface area (Å²) in [5.74, 6) is 1.25. The number of nitrogens with zero attached hydrogens (tertiary/aromatic N) is 5. The highest BCUT2D eigenvalue weighted by Crippen LogP contribution is 2.34. The van der Waals surface area contributed by atoms with E-state index in [2.05, 4.69) is 42.2 Å². The number of anilines is 2. The maximum absolute atomic E-state index is 12.5. The molecule has 0 unspecified atom stereocenters. The smallest absolute Gasteiger partial charge is 0.262 e. The number of aromatic amines is 1. The number of piperidine rings is 1. The molecule has 12 heteroatoms. The Morgan fingerprint density at radius 1 is 1.27 bits per heavy atom. The van der Waals surface area contributed by atoms with Crippen molar-refractivity contribution in [3.8, 4) is 11.5 Å². The van der Waals surface area contributed by atoms with Gasteiger partial charge in [0, 0.05) is 43.2 Å². The van der Waals surface area contributed by atoms with Crippen LogP contribution in [0.25, 0.3) is 15.9 Å². The van der Waals surface area contributed by atoms with Crippen molar-refractivity contribution in [3.63, 3.8) is 0 Å². The lowest BCUT2D eigenvalue weighted by Crippen LogP contribution is -2.44. The van der Waals surface area contributed by atoms with Crippen molar-refractivity contribution in [1.82, 2.24) is 25.1 Å². The molecule has 1 aliphatic rings. The first kappa shape index (κ1) is 24.0. The normalized spacial score (nSPS) is 15.1. The number of thiazole rings is 1. The zero-order chi connectivity index (χ0) is 25.8. The summed E-state index contributed by atoms with van der Waals surface area (Å²) in [4.78, 5) is 38.0. The molecule has 3 N–H and O–H groups in total. The molecule has 1 saturated heterocycles. The van der Waals surface area contributed by atoms with Crippen molar-refractivity contribution in [3.05, 3.63) is 72.4 Å². The number of H-pyrrole nitrogens is 1. The third kappa shape index (κ3) is 5.26. The van der Waals surface area contributed by atoms with Crippen LogP contribution in [0.3, 0.4) is 0 Å². The summed E-state index contributed by atoms with van der Waals surface area (Å²) in [6.45, 7) is 11.8. The molecule has 0 aliphatic carbocycles. The van der Waals surface area contributed by atoms with Crippen LogP contribution in [0.1, 0.15) is 23.2 Å². The molecular weight excluding hydrogens is 492 g/mol. The number of fused-ring (bicyclic) bond motifs is 1. The van der Waals surface area contributed by atoms with E-state index in [0.29, 0.717) is 57.1 Å². The maximum atomic E-state index is 12.5. The van der Waals surface area contributed by atoms with Gasteiger partial charge in [-0.3, -0.25) is 20.0 Å². The minimum absolute atomic E-state index is 0.0266. The minimum atomic E-state index is -0.332. The SMILES string of the molecule is [C-]#[N+]c1cnc(NC(=O)c2ccc(Oc3ccnc4[nH]nc(N[C@@H]5CCCN(C(=O)C=C)C5)c34)cc2)s1. The van der Waals surface area contributed by atoms with Crippen molar-refractivity contribution in [2.75, 3.05) is 23.7 Å². The van der Waals surface area contributed by atoms with Gasteiger partial charge in [-0.25, -0.2) is 14.8 Å². The summed E-state index contributed by atoms with van der Waals surface area (Å²) in [6.07, 6.45) is 6.16. The van der Waals surface area contributed by atoms with E-state index in [1.165, 1.54) is 12.3 Å². The molecule has 1 aliphatic heterocycles. The van der Waals surface area contributed by atoms with Crippen LogP contribution in [0.2, 0.25) is 0 Å². The molecule has 1 fully saturated rings. The predicted molar refractivity (Wildman–Crippen MR) is 140 cm³/mol. The van der Waals surface area contributed by atoms with Gasteiger partial charge in [0.25, 0.3) is 10.9 Å². The molecule has 0 radical (unpaired) electrons. The zero-order valence-electron chi connectivity index (χ0n) is 19.6. The summed E-state index contributed by atoms with van der Waals surface area (Å²) in [6, 6.07) is 8.46. The van der Waals surface area contributed by atoms with Crippen LogP contribution >= 0.6 is 11.3 Å². The van der Waals surface area contributed by atoms with Gasteiger partial charge in [0.15, 0.2) is 16.6 Å². The summed E-state index contributed by atoms with van der Waals surface area (Å²) in [5, 5.41) is 14.9. The van der Waals surface area contributed by atoms with Crippen LogP contribution < -0.4 is 15.4 Å². The number of ether oxygens (including phenoxy) is 1. The monoisotopic (exact) mass is 514 g/mol. The van der Waals surface area contributed by atoms with E-state index in [9.17, 15) is 9.59 Å². The van der Waals surface area contributed by atoms with Crippen molar-refractivity contribution in [2.45, 2.75) is 18.9 Å². The number of amides is 2. The number of hydrogen-bond donors (Lipinski definition) is 3. The molecule has 4 aromatic rings. The van der Waals surface area contributed by atoms with E-state index < -0.39 is 0 Å². The minimum Gasteiger partial charge on any atom is -0.456 e. The molecule has 1 atom stereocenters. The summed E-state index contributed by atoms with van der Waals surface area (Å²) < 4.78 is 6.13. The first-order chi connectivity index (χ1) is 18.0. The quantitative estimate of drug-likeness (QED) is 0.243. The van der Waals surface area contributed by atoms with Crippen LogP contribution in [0.5, 0.6) is 11.5 Å². The number of nitrogens with one attached hydrogen (secondary N) is 3. The van der Waals surface area contributed by atoms with E-state index in [1.807, 2.05) is 0 Å². The standard InChI is InChI=1S/C25H22N8O3S/c1-3-20(34)33-12-4-5-16(14-33)29-23-21-18(10-11-27-22(21)31-32-23)36-17-8-6-15(7-9-17)24(35)30-25-28-13-19(26-2)37-25/h3,6-11,13,16H,1,4-5,12,14H2,(H,28,30,35)(H2,27,29,31,32)/t16-/m1/s1. The molecule has 11 nitrogen and oxygen atoms in total. The van der Waals surface area contributed by atoms with Gasteiger partial charge >= 0.3 is 0 Å². The second kappa shape index (κ2) is 10.5. The Hall–Kier alpha value is -4.76. The van der Waals surface area contributed by atoms with Crippen molar-refractivity contribution in [1.29, 1.82) is 0 Å². The Morgan fingerprint density at radius 2 is 2.11 bits per heavy atom. The second-order valence-electron chi connectivity index (χ2n) is 8.27. The summed E-state index contributed by atoms with van der Waals surface area (Å²) in [5.41, 5.74) is 0.987. The lowest BCUT2D eigenvalue weighted by Gasteiger charge is -2.32. The number of carbonyl (C=O) groups is 2. The van der Waals surface area contributed by atoms with Crippen LogP contribution in [0, 0.1) is 6.57 Å². The van der Waals surface area contributed by atoms with E-state index in [0.717, 1.165) is 24.2 Å². The topological polar surface area (TPSA) is 129 Å². The molecule has 37 heavy (non-hydrogen) atoms. The molecule has 2 amide bonds. The highest BCUT2D eigenvalue weighted by Gasteiger charge is 2.24. The van der Waals surface area contributed by atoms with E-state index >= 15 is 0 Å². The Labute approximate surface area is 216 Å². The Bertz CT molecular complexity index is 1500. The maximum Gasteiger partial charge on any atom is 0.262 e. The van der Waals surface area contributed by atoms with Crippen LogP contribution in [0.4, 0.5) is 16.0 Å². The molecule has 5 rings (SSSR count). The van der Waals surface area contributed by atoms with Crippen LogP contribution in [-0.2, 0) is 4.79 Å². The van der Waals surface area contributed by atoms with Crippen molar-refractivity contribution in [2.24, 2.45) is 0 Å². The molecule has 4 heterocycles. The van der Waals surface area contributed by atoms with Crippen LogP contribution in [-0.4, -0.2) is 56.0 Å². The fraction of sp³-hybridized carbons (Fsp3) is 0.200. The van der Waals surface area contributed by atoms with E-state index in [1.54, 1.807) is 41.4 Å². The Kier molecular flexibility index (Phi) is 6.78. The lowest BCUT2D eigenvalue weighted by molar-refractivity contribution is -0.127. The van der Waals surface area contributed by atoms with Gasteiger partial charge in [0.05, 0.1) is 6.57 Å². The molecular formula is C25H22N8O3S. The third-order valence-corrected chi connectivity index (χ3v) is 6.65. The number of hydrogen-bond acceptors (Lipinski definition) is 8. The van der Waals surface area contributed by atoms with Crippen molar-refractivity contribution >= 4 is 50.1 Å². The Balaban J connectivity index is 1.30. The number of rotatable bonds is 7. The van der Waals surface area contributed by atoms with E-state index in [4.69, 9.17) is 11.3 Å². The van der Waals surface area contributed by atoms with Gasteiger partial charge in [0.2, 0.25) is 5.91 Å². The number of aromatic nitrogens is 4. The van der Waals surface area contributed by atoms with Crippen molar-refractivity contribution < 1.29 is 14.3 Å². The average molecular weight is 515 g/mol. The first-order valence-electron chi connectivity index (χ1n) is 11.5. The molecule has 186 valence electrons. The van der Waals surface area contributed by atoms with Crippen LogP contribution in [0.15, 0.2) is 55.4 Å². The summed E-state index contributed by atoms with van der Waals surface area (Å²) in [7, 11) is 0. The lowest BCUT2D eigenvalue weighted by atomic mass is 10.1. The number of carbonyl (C=O) groups excluding carboxylic acids is 2. The fourth-order valence-corrected chi connectivity index (χ4v) is 4.67. The van der Waals surface area contributed by atoms with Gasteiger partial charge < -0.3 is 15.0 Å². The second-order valence-corrected chi connectivity index (χ2v) is 9.28. The van der Waals surface area contributed by atoms with Gasteiger partial charge in [-0.2, -0.15) is 5.10 Å². The van der Waals surface area contributed by atoms with Gasteiger partial charge in [-0.15, -0.1) is 11.3 Å². The third-order valence-electron chi connectivity index (χ3n) is 5.84. The zero-order valence-corrected chi connectivity index (χ0v) is 20.4. The highest BCUT2D eigenvalue weighted by atomic mass is 32.1. The molecule has 0 spiro atoms. The average Bonchev–Trinajstić information content (AvgIpc) is 3.56. The van der Waals surface area contributed by atoms with E-state index in [-0.39, 0.29) is 17.9 Å². The Morgan fingerprint density at radius 3 is 2.86 bits per heavy atom. The predicted octanol–water partition coefficient (Wildman–Crippen LogP) is 4.60. The van der Waals surface area contributed by atoms with Gasteiger partial charge in [-0.05, 0) is 43.2 Å².